The minimum Gasteiger partial charge on any atom is -0.478 e. The van der Waals surface area contributed by atoms with Gasteiger partial charge in [-0.25, -0.2) is 4.79 Å². The van der Waals surface area contributed by atoms with Crippen LogP contribution in [0.5, 0.6) is 0 Å². The van der Waals surface area contributed by atoms with Gasteiger partial charge in [0.15, 0.2) is 0 Å². The largest absolute Gasteiger partial charge is 0.478 e. The van der Waals surface area contributed by atoms with Crippen LogP contribution in [-0.2, 0) is 11.2 Å². The third-order valence-corrected chi connectivity index (χ3v) is 2.95. The number of benzene rings is 1. The molecule has 0 saturated heterocycles. The molecule has 0 heterocycles. The second-order valence-corrected chi connectivity index (χ2v) is 4.77. The van der Waals surface area contributed by atoms with E-state index in [1.807, 2.05) is 19.9 Å². The summed E-state index contributed by atoms with van der Waals surface area (Å²) >= 11 is 0. The van der Waals surface area contributed by atoms with Crippen LogP contribution in [0.4, 0.5) is 0 Å². The van der Waals surface area contributed by atoms with Crippen LogP contribution in [0.2, 0.25) is 0 Å². The summed E-state index contributed by atoms with van der Waals surface area (Å²) in [5.41, 5.74) is 1.18. The maximum absolute atomic E-state index is 11.6. The SMILES string of the molecule is CCNC(C)CC(=O)NCCc1cccc(C(=O)O)c1. The number of nitrogens with one attached hydrogen (secondary N) is 2. The molecule has 0 radical (unpaired) electrons. The lowest BCUT2D eigenvalue weighted by Crippen LogP contribution is -2.34. The second kappa shape index (κ2) is 8.32. The molecule has 1 atom stereocenters. The van der Waals surface area contributed by atoms with E-state index in [9.17, 15) is 9.59 Å². The first-order chi connectivity index (χ1) is 9.52. The molecule has 0 fully saturated rings. The number of aromatic carboxylic acids is 1. The van der Waals surface area contributed by atoms with Crippen molar-refractivity contribution in [2.24, 2.45) is 0 Å². The van der Waals surface area contributed by atoms with Gasteiger partial charge in [0.25, 0.3) is 0 Å². The van der Waals surface area contributed by atoms with Crippen molar-refractivity contribution in [1.29, 1.82) is 0 Å². The zero-order valence-corrected chi connectivity index (χ0v) is 12.0. The van der Waals surface area contributed by atoms with Crippen LogP contribution in [0.25, 0.3) is 0 Å². The Hall–Kier alpha value is -1.88. The first-order valence-corrected chi connectivity index (χ1v) is 6.85. The Morgan fingerprint density at radius 1 is 1.35 bits per heavy atom. The highest BCUT2D eigenvalue weighted by Gasteiger charge is 2.07. The Kier molecular flexibility index (Phi) is 6.73. The molecule has 0 aliphatic carbocycles. The lowest BCUT2D eigenvalue weighted by molar-refractivity contribution is -0.121. The number of hydrogen-bond acceptors (Lipinski definition) is 3. The summed E-state index contributed by atoms with van der Waals surface area (Å²) in [6, 6.07) is 6.93. The average molecular weight is 278 g/mol. The molecule has 1 rings (SSSR count). The molecule has 0 spiro atoms. The molecule has 0 bridgehead atoms. The molecule has 5 heteroatoms. The van der Waals surface area contributed by atoms with Crippen LogP contribution in [0.15, 0.2) is 24.3 Å². The van der Waals surface area contributed by atoms with E-state index in [0.29, 0.717) is 19.4 Å². The molecular weight excluding hydrogens is 256 g/mol. The Morgan fingerprint density at radius 3 is 2.75 bits per heavy atom. The summed E-state index contributed by atoms with van der Waals surface area (Å²) < 4.78 is 0. The van der Waals surface area contributed by atoms with Crippen LogP contribution in [-0.4, -0.2) is 36.1 Å². The molecule has 1 amide bonds. The second-order valence-electron chi connectivity index (χ2n) is 4.77. The fourth-order valence-corrected chi connectivity index (χ4v) is 1.98. The molecule has 0 aliphatic rings. The third kappa shape index (κ3) is 5.84. The fraction of sp³-hybridized carbons (Fsp3) is 0.467. The van der Waals surface area contributed by atoms with Crippen LogP contribution in [0.1, 0.15) is 36.2 Å². The average Bonchev–Trinajstić information content (AvgIpc) is 2.39. The van der Waals surface area contributed by atoms with E-state index in [4.69, 9.17) is 5.11 Å². The highest BCUT2D eigenvalue weighted by atomic mass is 16.4. The third-order valence-electron chi connectivity index (χ3n) is 2.95. The number of carboxylic acids is 1. The van der Waals surface area contributed by atoms with Gasteiger partial charge in [-0.3, -0.25) is 4.79 Å². The quantitative estimate of drug-likeness (QED) is 0.672. The van der Waals surface area contributed by atoms with E-state index in [1.54, 1.807) is 18.2 Å². The molecule has 0 aromatic heterocycles. The van der Waals surface area contributed by atoms with Gasteiger partial charge in [0, 0.05) is 19.0 Å². The lowest BCUT2D eigenvalue weighted by atomic mass is 10.1. The Morgan fingerprint density at radius 2 is 2.10 bits per heavy atom. The van der Waals surface area contributed by atoms with Crippen molar-refractivity contribution in [3.63, 3.8) is 0 Å². The number of carbonyl (C=O) groups excluding carboxylic acids is 1. The molecule has 1 aromatic carbocycles. The van der Waals surface area contributed by atoms with E-state index in [2.05, 4.69) is 10.6 Å². The highest BCUT2D eigenvalue weighted by molar-refractivity contribution is 5.87. The van der Waals surface area contributed by atoms with Crippen LogP contribution < -0.4 is 10.6 Å². The first kappa shape index (κ1) is 16.2. The summed E-state index contributed by atoms with van der Waals surface area (Å²) in [6.07, 6.45) is 1.07. The fourth-order valence-electron chi connectivity index (χ4n) is 1.98. The Bertz CT molecular complexity index is 460. The lowest BCUT2D eigenvalue weighted by Gasteiger charge is -2.12. The van der Waals surface area contributed by atoms with Crippen molar-refractivity contribution in [2.45, 2.75) is 32.7 Å². The van der Waals surface area contributed by atoms with Gasteiger partial charge in [0.2, 0.25) is 5.91 Å². The number of hydrogen-bond donors (Lipinski definition) is 3. The van der Waals surface area contributed by atoms with Crippen molar-refractivity contribution in [1.82, 2.24) is 10.6 Å². The Labute approximate surface area is 119 Å². The Balaban J connectivity index is 2.35. The predicted octanol–water partition coefficient (Wildman–Crippen LogP) is 1.43. The number of carboxylic acid groups (broad SMARTS) is 1. The van der Waals surface area contributed by atoms with Crippen LogP contribution in [0, 0.1) is 0 Å². The monoisotopic (exact) mass is 278 g/mol. The summed E-state index contributed by atoms with van der Waals surface area (Å²) in [5, 5.41) is 14.9. The highest BCUT2D eigenvalue weighted by Crippen LogP contribution is 2.05. The van der Waals surface area contributed by atoms with Gasteiger partial charge < -0.3 is 15.7 Å². The number of rotatable bonds is 8. The zero-order valence-electron chi connectivity index (χ0n) is 12.0. The van der Waals surface area contributed by atoms with E-state index in [1.165, 1.54) is 0 Å². The molecule has 1 unspecified atom stereocenters. The normalized spacial score (nSPS) is 11.9. The molecule has 3 N–H and O–H groups in total. The summed E-state index contributed by atoms with van der Waals surface area (Å²) in [4.78, 5) is 22.5. The van der Waals surface area contributed by atoms with Crippen molar-refractivity contribution in [3.8, 4) is 0 Å². The van der Waals surface area contributed by atoms with Crippen molar-refractivity contribution in [2.75, 3.05) is 13.1 Å². The summed E-state index contributed by atoms with van der Waals surface area (Å²) in [5.74, 6) is -0.928. The van der Waals surface area contributed by atoms with Gasteiger partial charge >= 0.3 is 5.97 Å². The van der Waals surface area contributed by atoms with Gasteiger partial charge in [-0.15, -0.1) is 0 Å². The first-order valence-electron chi connectivity index (χ1n) is 6.85. The smallest absolute Gasteiger partial charge is 0.335 e. The maximum atomic E-state index is 11.6. The predicted molar refractivity (Wildman–Crippen MR) is 77.9 cm³/mol. The van der Waals surface area contributed by atoms with Gasteiger partial charge in [-0.2, -0.15) is 0 Å². The molecule has 0 saturated carbocycles. The van der Waals surface area contributed by atoms with E-state index in [0.717, 1.165) is 12.1 Å². The minimum atomic E-state index is -0.935. The van der Waals surface area contributed by atoms with Crippen molar-refractivity contribution < 1.29 is 14.7 Å². The summed E-state index contributed by atoms with van der Waals surface area (Å²) in [7, 11) is 0. The van der Waals surface area contributed by atoms with E-state index < -0.39 is 5.97 Å². The van der Waals surface area contributed by atoms with Gasteiger partial charge in [0.05, 0.1) is 5.56 Å². The maximum Gasteiger partial charge on any atom is 0.335 e. The van der Waals surface area contributed by atoms with Crippen LogP contribution in [0.3, 0.4) is 0 Å². The zero-order chi connectivity index (χ0) is 15.0. The number of amides is 1. The van der Waals surface area contributed by atoms with E-state index >= 15 is 0 Å². The van der Waals surface area contributed by atoms with Crippen molar-refractivity contribution >= 4 is 11.9 Å². The van der Waals surface area contributed by atoms with Gasteiger partial charge in [0.1, 0.15) is 0 Å². The summed E-state index contributed by atoms with van der Waals surface area (Å²) in [6.45, 7) is 5.33. The molecule has 110 valence electrons. The molecule has 0 aliphatic heterocycles. The minimum absolute atomic E-state index is 0.00726. The van der Waals surface area contributed by atoms with Crippen LogP contribution >= 0.6 is 0 Å². The standard InChI is InChI=1S/C15H22N2O3/c1-3-16-11(2)9-14(18)17-8-7-12-5-4-6-13(10-12)15(19)20/h4-6,10-11,16H,3,7-9H2,1-2H3,(H,17,18)(H,19,20). The number of carbonyl (C=O) groups is 2. The molecule has 1 aromatic rings. The molecule has 5 nitrogen and oxygen atoms in total. The van der Waals surface area contributed by atoms with Gasteiger partial charge in [-0.05, 0) is 37.6 Å². The van der Waals surface area contributed by atoms with E-state index in [-0.39, 0.29) is 17.5 Å². The molecule has 20 heavy (non-hydrogen) atoms. The van der Waals surface area contributed by atoms with Crippen molar-refractivity contribution in [3.05, 3.63) is 35.4 Å². The van der Waals surface area contributed by atoms with Gasteiger partial charge in [-0.1, -0.05) is 19.1 Å². The topological polar surface area (TPSA) is 78.4 Å². The molecular formula is C15H22N2O3.